The van der Waals surface area contributed by atoms with Gasteiger partial charge in [-0.2, -0.15) is 5.06 Å². The van der Waals surface area contributed by atoms with Gasteiger partial charge in [0, 0.05) is 37.2 Å². The molecule has 0 unspecified atom stereocenters. The highest BCUT2D eigenvalue weighted by atomic mass is 35.5. The van der Waals surface area contributed by atoms with Crippen LogP contribution in [0.3, 0.4) is 0 Å². The van der Waals surface area contributed by atoms with E-state index in [0.717, 1.165) is 22.3 Å². The highest BCUT2D eigenvalue weighted by molar-refractivity contribution is 6.31. The molecule has 1 spiro atoms. The molecule has 2 heterocycles. The number of rotatable bonds is 5. The fourth-order valence-corrected chi connectivity index (χ4v) is 5.09. The molecule has 1 saturated heterocycles. The lowest BCUT2D eigenvalue weighted by molar-refractivity contribution is -0.160. The molecule has 1 N–H and O–H groups in total. The molecule has 0 aliphatic carbocycles. The SMILES string of the molecule is CON1CCC2(CC1)C(CCOC(=O)O)=C(c1c(C)cc(Cl)cc1C)C(=O)N2C. The Hall–Kier alpha value is -2.09. The molecule has 8 heteroatoms. The summed E-state index contributed by atoms with van der Waals surface area (Å²) in [5.41, 5.74) is 3.85. The Morgan fingerprint density at radius 1 is 1.24 bits per heavy atom. The summed E-state index contributed by atoms with van der Waals surface area (Å²) in [6.45, 7) is 5.26. The number of amides is 1. The second-order valence-electron chi connectivity index (χ2n) is 7.64. The van der Waals surface area contributed by atoms with Crippen LogP contribution in [0.5, 0.6) is 0 Å². The molecule has 3 rings (SSSR count). The van der Waals surface area contributed by atoms with Crippen LogP contribution in [-0.2, 0) is 14.4 Å². The minimum atomic E-state index is -1.31. The second kappa shape index (κ2) is 8.34. The number of carbonyl (C=O) groups excluding carboxylic acids is 1. The number of hydroxylamine groups is 2. The molecule has 1 aromatic rings. The summed E-state index contributed by atoms with van der Waals surface area (Å²) in [6.07, 6.45) is 0.472. The molecule has 1 amide bonds. The van der Waals surface area contributed by atoms with Crippen LogP contribution in [0.25, 0.3) is 5.57 Å². The Labute approximate surface area is 175 Å². The Balaban J connectivity index is 2.13. The van der Waals surface area contributed by atoms with Crippen molar-refractivity contribution >= 4 is 29.2 Å². The van der Waals surface area contributed by atoms with E-state index in [9.17, 15) is 9.59 Å². The van der Waals surface area contributed by atoms with Crippen LogP contribution in [0.15, 0.2) is 17.7 Å². The van der Waals surface area contributed by atoms with Crippen molar-refractivity contribution in [2.75, 3.05) is 33.9 Å². The maximum absolute atomic E-state index is 13.5. The van der Waals surface area contributed by atoms with E-state index >= 15 is 0 Å². The smallest absolute Gasteiger partial charge is 0.450 e. The predicted molar refractivity (Wildman–Crippen MR) is 110 cm³/mol. The van der Waals surface area contributed by atoms with E-state index in [1.165, 1.54) is 0 Å². The van der Waals surface area contributed by atoms with E-state index in [2.05, 4.69) is 0 Å². The number of halogens is 1. The van der Waals surface area contributed by atoms with E-state index in [0.29, 0.717) is 42.9 Å². The largest absolute Gasteiger partial charge is 0.505 e. The van der Waals surface area contributed by atoms with Gasteiger partial charge >= 0.3 is 6.16 Å². The van der Waals surface area contributed by atoms with Gasteiger partial charge in [-0.15, -0.1) is 0 Å². The van der Waals surface area contributed by atoms with E-state index in [-0.39, 0.29) is 12.5 Å². The summed E-state index contributed by atoms with van der Waals surface area (Å²) in [7, 11) is 3.47. The summed E-state index contributed by atoms with van der Waals surface area (Å²) in [6, 6.07) is 3.71. The number of nitrogens with zero attached hydrogens (tertiary/aromatic N) is 2. The zero-order chi connectivity index (χ0) is 21.3. The van der Waals surface area contributed by atoms with Crippen LogP contribution in [0, 0.1) is 13.8 Å². The zero-order valence-electron chi connectivity index (χ0n) is 17.2. The lowest BCUT2D eigenvalue weighted by Gasteiger charge is -2.44. The Morgan fingerprint density at radius 3 is 2.34 bits per heavy atom. The Morgan fingerprint density at radius 2 is 1.83 bits per heavy atom. The number of aryl methyl sites for hydroxylation is 2. The van der Waals surface area contributed by atoms with E-state index in [4.69, 9.17) is 26.3 Å². The van der Waals surface area contributed by atoms with Crippen LogP contribution in [0.2, 0.25) is 5.02 Å². The molecule has 1 fully saturated rings. The fourth-order valence-electron chi connectivity index (χ4n) is 4.76. The molecule has 7 nitrogen and oxygen atoms in total. The molecule has 0 aromatic heterocycles. The first kappa shape index (κ1) is 21.6. The van der Waals surface area contributed by atoms with Crippen molar-refractivity contribution in [3.8, 4) is 0 Å². The first-order valence-electron chi connectivity index (χ1n) is 9.65. The number of likely N-dealkylation sites (N-methyl/N-ethyl adjacent to an activating group) is 1. The minimum absolute atomic E-state index is 0.0106. The van der Waals surface area contributed by atoms with Gasteiger partial charge in [0.1, 0.15) is 0 Å². The van der Waals surface area contributed by atoms with Gasteiger partial charge in [0.15, 0.2) is 0 Å². The van der Waals surface area contributed by atoms with Crippen molar-refractivity contribution < 1.29 is 24.3 Å². The molecule has 0 saturated carbocycles. The molecule has 1 aromatic carbocycles. The molecule has 0 atom stereocenters. The van der Waals surface area contributed by atoms with Crippen LogP contribution in [0.1, 0.15) is 36.0 Å². The molecule has 158 valence electrons. The molecule has 0 radical (unpaired) electrons. The number of hydrogen-bond donors (Lipinski definition) is 1. The highest BCUT2D eigenvalue weighted by Gasteiger charge is 2.51. The monoisotopic (exact) mass is 422 g/mol. The van der Waals surface area contributed by atoms with Crippen LogP contribution < -0.4 is 0 Å². The lowest BCUT2D eigenvalue weighted by atomic mass is 9.78. The first-order chi connectivity index (χ1) is 13.7. The predicted octanol–water partition coefficient (Wildman–Crippen LogP) is 3.66. The van der Waals surface area contributed by atoms with E-state index in [1.54, 1.807) is 7.11 Å². The Bertz CT molecular complexity index is 836. The van der Waals surface area contributed by atoms with Gasteiger partial charge in [0.2, 0.25) is 0 Å². The number of piperidine rings is 1. The number of carbonyl (C=O) groups is 2. The quantitative estimate of drug-likeness (QED) is 0.729. The van der Waals surface area contributed by atoms with Crippen molar-refractivity contribution in [2.45, 2.75) is 38.6 Å². The standard InChI is InChI=1S/C21H27ClN2O5/c1-13-11-15(22)12-14(2)17(13)18-16(5-10-29-20(26)27)21(23(3)19(18)25)6-8-24(28-4)9-7-21/h11-12H,5-10H2,1-4H3,(H,26,27). The van der Waals surface area contributed by atoms with Gasteiger partial charge in [-0.1, -0.05) is 11.6 Å². The summed E-state index contributed by atoms with van der Waals surface area (Å²) < 4.78 is 4.81. The summed E-state index contributed by atoms with van der Waals surface area (Å²) >= 11 is 6.21. The van der Waals surface area contributed by atoms with Crippen molar-refractivity contribution in [1.29, 1.82) is 0 Å². The molecular formula is C21H27ClN2O5. The average Bonchev–Trinajstić information content (AvgIpc) is 2.84. The summed E-state index contributed by atoms with van der Waals surface area (Å²) in [4.78, 5) is 31.5. The van der Waals surface area contributed by atoms with Gasteiger partial charge in [-0.05, 0) is 61.1 Å². The highest BCUT2D eigenvalue weighted by Crippen LogP contribution is 2.48. The lowest BCUT2D eigenvalue weighted by Crippen LogP contribution is -2.53. The second-order valence-corrected chi connectivity index (χ2v) is 8.08. The third-order valence-corrected chi connectivity index (χ3v) is 6.38. The van der Waals surface area contributed by atoms with Gasteiger partial charge in [0.05, 0.1) is 19.3 Å². The molecule has 0 bridgehead atoms. The normalized spacial score (nSPS) is 19.3. The third kappa shape index (κ3) is 3.86. The molecular weight excluding hydrogens is 396 g/mol. The van der Waals surface area contributed by atoms with Gasteiger partial charge in [0.25, 0.3) is 5.91 Å². The number of carboxylic acid groups (broad SMARTS) is 1. The topological polar surface area (TPSA) is 79.3 Å². The van der Waals surface area contributed by atoms with Gasteiger partial charge < -0.3 is 19.6 Å². The average molecular weight is 423 g/mol. The Kier molecular flexibility index (Phi) is 6.22. The van der Waals surface area contributed by atoms with Crippen LogP contribution in [-0.4, -0.2) is 66.5 Å². The molecule has 29 heavy (non-hydrogen) atoms. The van der Waals surface area contributed by atoms with E-state index in [1.807, 2.05) is 43.0 Å². The molecule has 2 aliphatic rings. The number of hydrogen-bond acceptors (Lipinski definition) is 5. The maximum Gasteiger partial charge on any atom is 0.505 e. The van der Waals surface area contributed by atoms with Crippen molar-refractivity contribution in [3.05, 3.63) is 39.4 Å². The first-order valence-corrected chi connectivity index (χ1v) is 10.0. The van der Waals surface area contributed by atoms with Crippen LogP contribution >= 0.6 is 11.6 Å². The van der Waals surface area contributed by atoms with E-state index < -0.39 is 11.7 Å². The van der Waals surface area contributed by atoms with Gasteiger partial charge in [-0.25, -0.2) is 4.79 Å². The fraction of sp³-hybridized carbons (Fsp3) is 0.524. The maximum atomic E-state index is 13.5. The number of benzene rings is 1. The van der Waals surface area contributed by atoms with Crippen molar-refractivity contribution in [3.63, 3.8) is 0 Å². The zero-order valence-corrected chi connectivity index (χ0v) is 18.0. The third-order valence-electron chi connectivity index (χ3n) is 6.16. The summed E-state index contributed by atoms with van der Waals surface area (Å²) in [5.74, 6) is -0.0466. The molecule has 2 aliphatic heterocycles. The van der Waals surface area contributed by atoms with Crippen molar-refractivity contribution in [1.82, 2.24) is 9.96 Å². The number of ether oxygens (including phenoxy) is 1. The van der Waals surface area contributed by atoms with Gasteiger partial charge in [-0.3, -0.25) is 4.79 Å². The van der Waals surface area contributed by atoms with Crippen LogP contribution in [0.4, 0.5) is 4.79 Å². The minimum Gasteiger partial charge on any atom is -0.450 e. The summed E-state index contributed by atoms with van der Waals surface area (Å²) in [5, 5.41) is 11.4. The van der Waals surface area contributed by atoms with Crippen molar-refractivity contribution in [2.24, 2.45) is 0 Å².